The minimum absolute atomic E-state index is 0.0561. The van der Waals surface area contributed by atoms with Crippen molar-refractivity contribution in [2.24, 2.45) is 0 Å². The van der Waals surface area contributed by atoms with Gasteiger partial charge in [-0.15, -0.1) is 0 Å². The van der Waals surface area contributed by atoms with Crippen molar-refractivity contribution in [1.82, 2.24) is 0 Å². The fourth-order valence-corrected chi connectivity index (χ4v) is 1.89. The van der Waals surface area contributed by atoms with Gasteiger partial charge < -0.3 is 14.6 Å². The maximum atomic E-state index is 8.69. The van der Waals surface area contributed by atoms with Gasteiger partial charge in [0.05, 0.1) is 16.7 Å². The Morgan fingerprint density at radius 3 is 2.42 bits per heavy atom. The van der Waals surface area contributed by atoms with E-state index in [2.05, 4.69) is 0 Å². The Bertz CT molecular complexity index is 420. The lowest BCUT2D eigenvalue weighted by Gasteiger charge is -2.11. The number of rotatable bonds is 7. The van der Waals surface area contributed by atoms with Crippen LogP contribution in [0.4, 0.5) is 0 Å². The maximum absolute atomic E-state index is 8.69. The molecule has 0 saturated carbocycles. The van der Waals surface area contributed by atoms with E-state index < -0.39 is 0 Å². The molecule has 0 heterocycles. The Hall–Kier alpha value is -0.610. The van der Waals surface area contributed by atoms with Gasteiger partial charge >= 0.3 is 0 Å². The zero-order valence-electron chi connectivity index (χ0n) is 10.5. The molecule has 0 saturated heterocycles. The van der Waals surface area contributed by atoms with Crippen LogP contribution >= 0.6 is 34.8 Å². The van der Waals surface area contributed by atoms with Gasteiger partial charge in [0.25, 0.3) is 0 Å². The van der Waals surface area contributed by atoms with Gasteiger partial charge in [0, 0.05) is 30.2 Å². The zero-order valence-corrected chi connectivity index (χ0v) is 12.7. The van der Waals surface area contributed by atoms with E-state index in [1.54, 1.807) is 25.1 Å². The molecule has 0 bridgehead atoms. The predicted octanol–water partition coefficient (Wildman–Crippen LogP) is 4.28. The highest BCUT2D eigenvalue weighted by Crippen LogP contribution is 2.37. The number of ether oxygens (including phenoxy) is 2. The lowest BCUT2D eigenvalue weighted by molar-refractivity contribution is 0.233. The van der Waals surface area contributed by atoms with Crippen molar-refractivity contribution in [3.8, 4) is 11.5 Å². The molecule has 1 rings (SSSR count). The van der Waals surface area contributed by atoms with E-state index in [1.807, 2.05) is 0 Å². The Kier molecular flexibility index (Phi) is 7.39. The molecular weight excluding hydrogens is 310 g/mol. The van der Waals surface area contributed by atoms with Gasteiger partial charge in [-0.3, -0.25) is 0 Å². The first-order valence-electron chi connectivity index (χ1n) is 5.72. The fraction of sp³-hybridized carbons (Fsp3) is 0.385. The molecule has 0 spiro atoms. The van der Waals surface area contributed by atoms with Crippen LogP contribution in [0.5, 0.6) is 11.5 Å². The van der Waals surface area contributed by atoms with Crippen LogP contribution in [0.1, 0.15) is 13.3 Å². The van der Waals surface area contributed by atoms with E-state index in [4.69, 9.17) is 49.4 Å². The van der Waals surface area contributed by atoms with E-state index in [0.29, 0.717) is 46.2 Å². The Balaban J connectivity index is 2.70. The molecule has 1 aromatic carbocycles. The van der Waals surface area contributed by atoms with Gasteiger partial charge in [0.15, 0.2) is 5.75 Å². The molecule has 0 unspecified atom stereocenters. The second kappa shape index (κ2) is 8.54. The van der Waals surface area contributed by atoms with Crippen molar-refractivity contribution in [2.75, 3.05) is 19.8 Å². The number of benzene rings is 1. The van der Waals surface area contributed by atoms with Crippen LogP contribution in [0.15, 0.2) is 23.2 Å². The second-order valence-electron chi connectivity index (χ2n) is 3.74. The first kappa shape index (κ1) is 16.4. The summed E-state index contributed by atoms with van der Waals surface area (Å²) in [5.74, 6) is 0.937. The molecule has 0 fully saturated rings. The topological polar surface area (TPSA) is 38.7 Å². The molecule has 1 aromatic rings. The summed E-state index contributed by atoms with van der Waals surface area (Å²) < 4.78 is 10.8. The quantitative estimate of drug-likeness (QED) is 0.761. The van der Waals surface area contributed by atoms with Gasteiger partial charge in [0.1, 0.15) is 12.4 Å². The Morgan fingerprint density at radius 1 is 1.26 bits per heavy atom. The number of hydrogen-bond acceptors (Lipinski definition) is 3. The number of hydrogen-bond donors (Lipinski definition) is 1. The SMILES string of the molecule is C/C(Cl)=C/COc1cc(Cl)c(OCCCO)c(Cl)c1. The molecule has 0 amide bonds. The van der Waals surface area contributed by atoms with E-state index in [1.165, 1.54) is 0 Å². The standard InChI is InChI=1S/C13H15Cl3O3/c1-9(14)3-6-18-10-7-11(15)13(12(16)8-10)19-5-2-4-17/h3,7-8,17H,2,4-6H2,1H3/b9-3-. The summed E-state index contributed by atoms with van der Waals surface area (Å²) in [7, 11) is 0. The molecular formula is C13H15Cl3O3. The normalized spacial score (nSPS) is 11.5. The predicted molar refractivity (Wildman–Crippen MR) is 78.8 cm³/mol. The fourth-order valence-electron chi connectivity index (χ4n) is 1.25. The van der Waals surface area contributed by atoms with Crippen molar-refractivity contribution in [2.45, 2.75) is 13.3 Å². The summed E-state index contributed by atoms with van der Waals surface area (Å²) in [5, 5.41) is 10.1. The van der Waals surface area contributed by atoms with E-state index >= 15 is 0 Å². The van der Waals surface area contributed by atoms with Crippen molar-refractivity contribution in [3.05, 3.63) is 33.3 Å². The summed E-state index contributed by atoms with van der Waals surface area (Å²) in [6.07, 6.45) is 2.25. The smallest absolute Gasteiger partial charge is 0.156 e. The van der Waals surface area contributed by atoms with E-state index in [9.17, 15) is 0 Å². The second-order valence-corrected chi connectivity index (χ2v) is 5.15. The van der Waals surface area contributed by atoms with Crippen molar-refractivity contribution in [1.29, 1.82) is 0 Å². The average molecular weight is 326 g/mol. The Morgan fingerprint density at radius 2 is 1.89 bits per heavy atom. The summed E-state index contributed by atoms with van der Waals surface area (Å²) in [4.78, 5) is 0. The number of aliphatic hydroxyl groups is 1. The Labute approximate surface area is 127 Å². The molecule has 6 heteroatoms. The lowest BCUT2D eigenvalue weighted by Crippen LogP contribution is -2.01. The highest BCUT2D eigenvalue weighted by molar-refractivity contribution is 6.37. The van der Waals surface area contributed by atoms with E-state index in [0.717, 1.165) is 0 Å². The van der Waals surface area contributed by atoms with E-state index in [-0.39, 0.29) is 6.61 Å². The first-order chi connectivity index (χ1) is 9.04. The largest absolute Gasteiger partial charge is 0.490 e. The third-order valence-corrected chi connectivity index (χ3v) is 2.85. The third kappa shape index (κ3) is 5.91. The third-order valence-electron chi connectivity index (χ3n) is 2.14. The highest BCUT2D eigenvalue weighted by atomic mass is 35.5. The minimum Gasteiger partial charge on any atom is -0.490 e. The number of aliphatic hydroxyl groups excluding tert-OH is 1. The van der Waals surface area contributed by atoms with Crippen molar-refractivity contribution in [3.63, 3.8) is 0 Å². The van der Waals surface area contributed by atoms with Gasteiger partial charge in [0.2, 0.25) is 0 Å². The molecule has 0 radical (unpaired) electrons. The minimum atomic E-state index is 0.0561. The van der Waals surface area contributed by atoms with Crippen molar-refractivity contribution < 1.29 is 14.6 Å². The van der Waals surface area contributed by atoms with Crippen LogP contribution in [0.25, 0.3) is 0 Å². The monoisotopic (exact) mass is 324 g/mol. The van der Waals surface area contributed by atoms with Crippen LogP contribution in [-0.4, -0.2) is 24.9 Å². The van der Waals surface area contributed by atoms with Gasteiger partial charge in [-0.2, -0.15) is 0 Å². The first-order valence-corrected chi connectivity index (χ1v) is 6.85. The highest BCUT2D eigenvalue weighted by Gasteiger charge is 2.10. The van der Waals surface area contributed by atoms with Crippen LogP contribution in [0, 0.1) is 0 Å². The van der Waals surface area contributed by atoms with Crippen LogP contribution < -0.4 is 9.47 Å². The van der Waals surface area contributed by atoms with Crippen LogP contribution in [0.3, 0.4) is 0 Å². The summed E-state index contributed by atoms with van der Waals surface area (Å²) >= 11 is 17.8. The lowest BCUT2D eigenvalue weighted by atomic mass is 10.3. The van der Waals surface area contributed by atoms with Crippen molar-refractivity contribution >= 4 is 34.8 Å². The molecule has 0 aromatic heterocycles. The van der Waals surface area contributed by atoms with Crippen LogP contribution in [-0.2, 0) is 0 Å². The molecule has 0 aliphatic heterocycles. The summed E-state index contributed by atoms with van der Waals surface area (Å²) in [5.41, 5.74) is 0. The summed E-state index contributed by atoms with van der Waals surface area (Å²) in [6, 6.07) is 3.25. The maximum Gasteiger partial charge on any atom is 0.156 e. The van der Waals surface area contributed by atoms with Gasteiger partial charge in [-0.05, 0) is 13.0 Å². The zero-order chi connectivity index (χ0) is 14.3. The number of halogens is 3. The molecule has 106 valence electrons. The number of allylic oxidation sites excluding steroid dienone is 1. The molecule has 0 aliphatic rings. The molecule has 0 aliphatic carbocycles. The average Bonchev–Trinajstić information content (AvgIpc) is 2.32. The molecule has 0 atom stereocenters. The molecule has 1 N–H and O–H groups in total. The molecule has 19 heavy (non-hydrogen) atoms. The molecule has 3 nitrogen and oxygen atoms in total. The van der Waals surface area contributed by atoms with Gasteiger partial charge in [-0.25, -0.2) is 0 Å². The van der Waals surface area contributed by atoms with Gasteiger partial charge in [-0.1, -0.05) is 34.8 Å². The van der Waals surface area contributed by atoms with Crippen LogP contribution in [0.2, 0.25) is 10.0 Å². The summed E-state index contributed by atoms with van der Waals surface area (Å²) in [6.45, 7) is 2.51.